The second kappa shape index (κ2) is 3.80. The highest BCUT2D eigenvalue weighted by Crippen LogP contribution is 2.11. The van der Waals surface area contributed by atoms with Crippen LogP contribution in [0.1, 0.15) is 17.7 Å². The van der Waals surface area contributed by atoms with E-state index >= 15 is 0 Å². The molecule has 0 aromatic carbocycles. The number of nitrogens with two attached hydrogens (primary N) is 1. The van der Waals surface area contributed by atoms with E-state index in [1.165, 1.54) is 11.3 Å². The molecule has 0 fully saturated rings. The minimum atomic E-state index is 0.735. The molecule has 14 heavy (non-hydrogen) atoms. The minimum Gasteiger partial charge on any atom is -0.330 e. The number of hydrogen-bond donors (Lipinski definition) is 1. The van der Waals surface area contributed by atoms with Crippen LogP contribution in [0.3, 0.4) is 0 Å². The molecule has 0 radical (unpaired) electrons. The van der Waals surface area contributed by atoms with Gasteiger partial charge in [-0.1, -0.05) is 6.07 Å². The highest BCUT2D eigenvalue weighted by molar-refractivity contribution is 5.48. The van der Waals surface area contributed by atoms with E-state index in [1.807, 2.05) is 6.20 Å². The molecule has 0 atom stereocenters. The van der Waals surface area contributed by atoms with Crippen molar-refractivity contribution in [3.8, 4) is 0 Å². The van der Waals surface area contributed by atoms with Crippen LogP contribution in [0.15, 0.2) is 24.5 Å². The summed E-state index contributed by atoms with van der Waals surface area (Å²) >= 11 is 0. The van der Waals surface area contributed by atoms with E-state index in [1.54, 1.807) is 0 Å². The molecule has 0 spiro atoms. The average Bonchev–Trinajstić information content (AvgIpc) is 2.60. The maximum atomic E-state index is 5.49. The third-order valence-corrected chi connectivity index (χ3v) is 2.44. The maximum Gasteiger partial charge on any atom is 0.139 e. The fourth-order valence-electron chi connectivity index (χ4n) is 1.67. The number of imidazole rings is 1. The van der Waals surface area contributed by atoms with Crippen LogP contribution in [0.25, 0.3) is 5.65 Å². The smallest absolute Gasteiger partial charge is 0.139 e. The Balaban J connectivity index is 2.42. The number of aryl methyl sites for hydroxylation is 2. The number of aromatic nitrogens is 2. The summed E-state index contributed by atoms with van der Waals surface area (Å²) in [7, 11) is 0. The summed E-state index contributed by atoms with van der Waals surface area (Å²) < 4.78 is 2.14. The molecule has 74 valence electrons. The van der Waals surface area contributed by atoms with Crippen LogP contribution >= 0.6 is 0 Å². The molecule has 0 aliphatic carbocycles. The molecule has 2 rings (SSSR count). The molecule has 3 nitrogen and oxygen atoms in total. The third-order valence-electron chi connectivity index (χ3n) is 2.44. The molecule has 2 aromatic heterocycles. The van der Waals surface area contributed by atoms with Gasteiger partial charge in [0.25, 0.3) is 0 Å². The van der Waals surface area contributed by atoms with E-state index in [-0.39, 0.29) is 0 Å². The summed E-state index contributed by atoms with van der Waals surface area (Å²) in [6, 6.07) is 4.13. The van der Waals surface area contributed by atoms with Gasteiger partial charge in [0.1, 0.15) is 5.65 Å². The van der Waals surface area contributed by atoms with Crippen molar-refractivity contribution < 1.29 is 0 Å². The zero-order valence-corrected chi connectivity index (χ0v) is 8.40. The second-order valence-electron chi connectivity index (χ2n) is 3.53. The van der Waals surface area contributed by atoms with Gasteiger partial charge >= 0.3 is 0 Å². The summed E-state index contributed by atoms with van der Waals surface area (Å²) in [6.07, 6.45) is 6.02. The Morgan fingerprint density at radius 3 is 3.14 bits per heavy atom. The molecule has 3 heteroatoms. The van der Waals surface area contributed by atoms with Gasteiger partial charge in [0.15, 0.2) is 0 Å². The van der Waals surface area contributed by atoms with Crippen LogP contribution in [0.5, 0.6) is 0 Å². The molecular formula is C11H15N3. The van der Waals surface area contributed by atoms with Crippen molar-refractivity contribution in [2.75, 3.05) is 6.54 Å². The quantitative estimate of drug-likeness (QED) is 0.795. The number of pyridine rings is 1. The lowest BCUT2D eigenvalue weighted by Crippen LogP contribution is -2.02. The van der Waals surface area contributed by atoms with E-state index in [0.29, 0.717) is 0 Å². The van der Waals surface area contributed by atoms with Crippen molar-refractivity contribution in [2.24, 2.45) is 5.73 Å². The molecular weight excluding hydrogens is 174 g/mol. The van der Waals surface area contributed by atoms with Crippen molar-refractivity contribution in [1.82, 2.24) is 9.38 Å². The fourth-order valence-corrected chi connectivity index (χ4v) is 1.67. The van der Waals surface area contributed by atoms with Gasteiger partial charge in [0, 0.05) is 18.1 Å². The normalized spacial score (nSPS) is 11.0. The van der Waals surface area contributed by atoms with Crippen molar-refractivity contribution >= 4 is 5.65 Å². The molecule has 0 aliphatic heterocycles. The minimum absolute atomic E-state index is 0.735. The van der Waals surface area contributed by atoms with Crippen LogP contribution in [-0.2, 0) is 6.42 Å². The average molecular weight is 189 g/mol. The second-order valence-corrected chi connectivity index (χ2v) is 3.53. The Bertz CT molecular complexity index is 431. The van der Waals surface area contributed by atoms with Crippen molar-refractivity contribution in [1.29, 1.82) is 0 Å². The predicted octanol–water partition coefficient (Wildman–Crippen LogP) is 1.53. The topological polar surface area (TPSA) is 43.3 Å². The third kappa shape index (κ3) is 1.51. The Labute approximate surface area is 83.6 Å². The van der Waals surface area contributed by atoms with Gasteiger partial charge in [0.2, 0.25) is 0 Å². The van der Waals surface area contributed by atoms with Gasteiger partial charge < -0.3 is 10.1 Å². The monoisotopic (exact) mass is 189 g/mol. The Kier molecular flexibility index (Phi) is 2.50. The fraction of sp³-hybridized carbons (Fsp3) is 0.364. The van der Waals surface area contributed by atoms with Crippen LogP contribution in [0, 0.1) is 6.92 Å². The number of rotatable bonds is 3. The van der Waals surface area contributed by atoms with Gasteiger partial charge in [-0.25, -0.2) is 4.98 Å². The molecule has 2 aromatic rings. The summed E-state index contributed by atoms with van der Waals surface area (Å²) in [5.74, 6) is 0. The van der Waals surface area contributed by atoms with Gasteiger partial charge in [0.05, 0.1) is 0 Å². The van der Waals surface area contributed by atoms with Gasteiger partial charge in [-0.05, 0) is 37.9 Å². The van der Waals surface area contributed by atoms with Crippen LogP contribution in [-0.4, -0.2) is 15.9 Å². The Morgan fingerprint density at radius 2 is 2.36 bits per heavy atom. The summed E-state index contributed by atoms with van der Waals surface area (Å²) in [4.78, 5) is 4.39. The lowest BCUT2D eigenvalue weighted by atomic mass is 10.2. The van der Waals surface area contributed by atoms with Gasteiger partial charge in [-0.2, -0.15) is 0 Å². The molecule has 0 amide bonds. The zero-order chi connectivity index (χ0) is 9.97. The number of hydrogen-bond acceptors (Lipinski definition) is 2. The largest absolute Gasteiger partial charge is 0.330 e. The van der Waals surface area contributed by atoms with Gasteiger partial charge in [-0.3, -0.25) is 0 Å². The summed E-state index contributed by atoms with van der Waals surface area (Å²) in [5.41, 5.74) is 9.00. The van der Waals surface area contributed by atoms with Crippen molar-refractivity contribution in [2.45, 2.75) is 19.8 Å². The molecule has 0 saturated carbocycles. The Hall–Kier alpha value is -1.35. The van der Waals surface area contributed by atoms with E-state index < -0.39 is 0 Å². The number of nitrogens with zero attached hydrogens (tertiary/aromatic N) is 2. The predicted molar refractivity (Wildman–Crippen MR) is 57.3 cm³/mol. The molecule has 0 aliphatic rings. The molecule has 2 heterocycles. The van der Waals surface area contributed by atoms with E-state index in [0.717, 1.165) is 25.0 Å². The SMILES string of the molecule is Cc1cccn2c(CCCN)cnc12. The first-order valence-electron chi connectivity index (χ1n) is 4.94. The number of fused-ring (bicyclic) bond motifs is 1. The van der Waals surface area contributed by atoms with E-state index in [9.17, 15) is 0 Å². The first kappa shape index (κ1) is 9.21. The highest BCUT2D eigenvalue weighted by Gasteiger charge is 2.03. The maximum absolute atomic E-state index is 5.49. The Morgan fingerprint density at radius 1 is 1.50 bits per heavy atom. The molecule has 2 N–H and O–H groups in total. The first-order chi connectivity index (χ1) is 6.83. The van der Waals surface area contributed by atoms with E-state index in [2.05, 4.69) is 34.6 Å². The first-order valence-corrected chi connectivity index (χ1v) is 4.94. The van der Waals surface area contributed by atoms with Crippen molar-refractivity contribution in [3.05, 3.63) is 35.8 Å². The lowest BCUT2D eigenvalue weighted by Gasteiger charge is -2.01. The van der Waals surface area contributed by atoms with E-state index in [4.69, 9.17) is 5.73 Å². The lowest BCUT2D eigenvalue weighted by molar-refractivity contribution is 0.802. The van der Waals surface area contributed by atoms with Crippen LogP contribution < -0.4 is 5.73 Å². The molecule has 0 bridgehead atoms. The standard InChI is InChI=1S/C11H15N3/c1-9-4-3-7-14-10(5-2-6-12)8-13-11(9)14/h3-4,7-8H,2,5-6,12H2,1H3. The molecule has 0 saturated heterocycles. The zero-order valence-electron chi connectivity index (χ0n) is 8.40. The summed E-state index contributed by atoms with van der Waals surface area (Å²) in [5, 5.41) is 0. The van der Waals surface area contributed by atoms with Crippen molar-refractivity contribution in [3.63, 3.8) is 0 Å². The molecule has 0 unspecified atom stereocenters. The summed E-state index contributed by atoms with van der Waals surface area (Å²) in [6.45, 7) is 2.81. The van der Waals surface area contributed by atoms with Gasteiger partial charge in [-0.15, -0.1) is 0 Å². The highest BCUT2D eigenvalue weighted by atomic mass is 15.0. The van der Waals surface area contributed by atoms with Crippen LogP contribution in [0.4, 0.5) is 0 Å². The van der Waals surface area contributed by atoms with Crippen LogP contribution in [0.2, 0.25) is 0 Å².